The maximum Gasteiger partial charge on any atom is 0.264 e. The largest absolute Gasteiger partial charge is 0.355 e. The number of hydrogen-bond donors (Lipinski definition) is 1. The highest BCUT2D eigenvalue weighted by Gasteiger charge is 2.34. The molecule has 4 aromatic rings. The fourth-order valence-corrected chi connectivity index (χ4v) is 6.41. The van der Waals surface area contributed by atoms with Crippen LogP contribution >= 0.6 is 15.9 Å². The first-order valence-corrected chi connectivity index (χ1v) is 15.9. The van der Waals surface area contributed by atoms with Gasteiger partial charge in [0, 0.05) is 24.0 Å². The number of rotatable bonds is 12. The van der Waals surface area contributed by atoms with Crippen molar-refractivity contribution in [1.29, 1.82) is 0 Å². The lowest BCUT2D eigenvalue weighted by Crippen LogP contribution is -2.53. The average Bonchev–Trinajstić information content (AvgIpc) is 2.99. The highest BCUT2D eigenvalue weighted by atomic mass is 79.9. The van der Waals surface area contributed by atoms with Crippen LogP contribution in [0.3, 0.4) is 0 Å². The van der Waals surface area contributed by atoms with Crippen molar-refractivity contribution in [3.05, 3.63) is 130 Å². The third kappa shape index (κ3) is 7.86. The highest BCUT2D eigenvalue weighted by Crippen LogP contribution is 2.26. The minimum atomic E-state index is -4.12. The molecule has 1 N–H and O–H groups in total. The minimum absolute atomic E-state index is 0.0653. The van der Waals surface area contributed by atoms with Crippen LogP contribution < -0.4 is 9.62 Å². The van der Waals surface area contributed by atoms with Crippen LogP contribution in [0.2, 0.25) is 0 Å². The zero-order valence-corrected chi connectivity index (χ0v) is 26.0. The number of halogens is 1. The molecule has 0 radical (unpaired) electrons. The third-order valence-corrected chi connectivity index (χ3v) is 9.10. The molecule has 0 saturated heterocycles. The number of nitrogens with zero attached hydrogens (tertiary/aromatic N) is 2. The van der Waals surface area contributed by atoms with Crippen molar-refractivity contribution in [3.63, 3.8) is 0 Å². The lowest BCUT2D eigenvalue weighted by atomic mass is 10.0. The summed E-state index contributed by atoms with van der Waals surface area (Å²) in [6.07, 6.45) is 0.272. The maximum atomic E-state index is 14.3. The third-order valence-electron chi connectivity index (χ3n) is 6.78. The van der Waals surface area contributed by atoms with Gasteiger partial charge < -0.3 is 10.2 Å². The van der Waals surface area contributed by atoms with Gasteiger partial charge in [-0.3, -0.25) is 13.9 Å². The summed E-state index contributed by atoms with van der Waals surface area (Å²) in [4.78, 5) is 29.4. The van der Waals surface area contributed by atoms with E-state index in [4.69, 9.17) is 0 Å². The lowest BCUT2D eigenvalue weighted by Gasteiger charge is -2.34. The summed E-state index contributed by atoms with van der Waals surface area (Å²) in [6.45, 7) is 3.82. The molecule has 0 aliphatic rings. The van der Waals surface area contributed by atoms with Crippen LogP contribution in [0.1, 0.15) is 23.6 Å². The first kappa shape index (κ1) is 31.0. The molecule has 0 fully saturated rings. The summed E-state index contributed by atoms with van der Waals surface area (Å²) in [6, 6.07) is 31.1. The molecule has 218 valence electrons. The molecule has 0 heterocycles. The topological polar surface area (TPSA) is 86.8 Å². The number of nitrogens with one attached hydrogen (secondary N) is 1. The van der Waals surface area contributed by atoms with E-state index in [0.29, 0.717) is 12.2 Å². The molecular formula is C33H34BrN3O4S. The number of anilines is 1. The number of likely N-dealkylation sites (N-methyl/N-ethyl adjacent to an activating group) is 1. The van der Waals surface area contributed by atoms with Crippen LogP contribution in [-0.4, -0.2) is 44.3 Å². The number of carbonyl (C=O) groups excluding carboxylic acids is 2. The van der Waals surface area contributed by atoms with Gasteiger partial charge in [0.1, 0.15) is 12.6 Å². The van der Waals surface area contributed by atoms with E-state index in [2.05, 4.69) is 21.2 Å². The first-order valence-electron chi connectivity index (χ1n) is 13.7. The predicted molar refractivity (Wildman–Crippen MR) is 169 cm³/mol. The predicted octanol–water partition coefficient (Wildman–Crippen LogP) is 5.73. The quantitative estimate of drug-likeness (QED) is 0.213. The molecule has 0 spiro atoms. The normalized spacial score (nSPS) is 11.9. The van der Waals surface area contributed by atoms with Crippen LogP contribution in [0.4, 0.5) is 5.69 Å². The molecule has 0 aliphatic carbocycles. The Morgan fingerprint density at radius 2 is 1.45 bits per heavy atom. The number of sulfonamides is 1. The molecule has 9 heteroatoms. The van der Waals surface area contributed by atoms with Crippen LogP contribution in [0.15, 0.2) is 119 Å². The molecule has 4 rings (SSSR count). The Bertz CT molecular complexity index is 1600. The van der Waals surface area contributed by atoms with E-state index in [9.17, 15) is 18.0 Å². The summed E-state index contributed by atoms with van der Waals surface area (Å²) in [7, 11) is -4.12. The van der Waals surface area contributed by atoms with Gasteiger partial charge in [-0.15, -0.1) is 0 Å². The zero-order chi connectivity index (χ0) is 30.1. The Morgan fingerprint density at radius 1 is 0.833 bits per heavy atom. The number of benzene rings is 4. The van der Waals surface area contributed by atoms with Crippen molar-refractivity contribution in [2.45, 2.75) is 37.8 Å². The van der Waals surface area contributed by atoms with E-state index in [1.807, 2.05) is 68.4 Å². The zero-order valence-electron chi connectivity index (χ0n) is 23.6. The van der Waals surface area contributed by atoms with Crippen LogP contribution in [0, 0.1) is 6.92 Å². The van der Waals surface area contributed by atoms with Gasteiger partial charge in [0.25, 0.3) is 10.0 Å². The van der Waals surface area contributed by atoms with E-state index >= 15 is 0 Å². The minimum Gasteiger partial charge on any atom is -0.355 e. The molecule has 7 nitrogen and oxygen atoms in total. The summed E-state index contributed by atoms with van der Waals surface area (Å²) in [5.74, 6) is -0.797. The SMILES string of the molecule is CCNC(=O)C(Cc1ccccc1)N(Cc1cccc(C)c1)C(=O)CN(c1ccc(Br)cc1)S(=O)(=O)c1ccccc1. The van der Waals surface area contributed by atoms with Crippen molar-refractivity contribution in [2.24, 2.45) is 0 Å². The fourth-order valence-electron chi connectivity index (χ4n) is 4.71. The molecule has 0 bridgehead atoms. The molecule has 42 heavy (non-hydrogen) atoms. The van der Waals surface area contributed by atoms with Crippen LogP contribution in [0.5, 0.6) is 0 Å². The molecular weight excluding hydrogens is 614 g/mol. The van der Waals surface area contributed by atoms with E-state index in [0.717, 1.165) is 25.5 Å². The average molecular weight is 649 g/mol. The van der Waals surface area contributed by atoms with Gasteiger partial charge in [-0.1, -0.05) is 94.3 Å². The summed E-state index contributed by atoms with van der Waals surface area (Å²) < 4.78 is 29.8. The van der Waals surface area contributed by atoms with Gasteiger partial charge in [0.2, 0.25) is 11.8 Å². The fraction of sp³-hybridized carbons (Fsp3) is 0.212. The standard InChI is InChI=1S/C33H34BrN3O4S/c1-3-35-33(39)31(22-26-12-6-4-7-13-26)36(23-27-14-10-11-25(2)21-27)32(38)24-37(29-19-17-28(34)18-20-29)42(40,41)30-15-8-5-9-16-30/h4-21,31H,3,22-24H2,1-2H3,(H,35,39). The van der Waals surface area contributed by atoms with Crippen molar-refractivity contribution in [1.82, 2.24) is 10.2 Å². The van der Waals surface area contributed by atoms with Crippen molar-refractivity contribution in [3.8, 4) is 0 Å². The van der Waals surface area contributed by atoms with E-state index in [-0.39, 0.29) is 23.8 Å². The number of carbonyl (C=O) groups is 2. The molecule has 0 aromatic heterocycles. The van der Waals surface area contributed by atoms with E-state index < -0.39 is 28.5 Å². The lowest BCUT2D eigenvalue weighted by molar-refractivity contribution is -0.140. The summed E-state index contributed by atoms with van der Waals surface area (Å²) in [5, 5.41) is 2.88. The Hall–Kier alpha value is -3.95. The van der Waals surface area contributed by atoms with Gasteiger partial charge in [-0.2, -0.15) is 0 Å². The molecule has 0 aliphatic heterocycles. The summed E-state index contributed by atoms with van der Waals surface area (Å²) >= 11 is 3.40. The Labute approximate surface area is 256 Å². The van der Waals surface area contributed by atoms with Gasteiger partial charge in [-0.05, 0) is 61.4 Å². The monoisotopic (exact) mass is 647 g/mol. The van der Waals surface area contributed by atoms with Gasteiger partial charge >= 0.3 is 0 Å². The Balaban J connectivity index is 1.78. The first-order chi connectivity index (χ1) is 20.2. The molecule has 2 amide bonds. The van der Waals surface area contributed by atoms with Crippen LogP contribution in [0.25, 0.3) is 0 Å². The van der Waals surface area contributed by atoms with Crippen molar-refractivity contribution >= 4 is 43.5 Å². The highest BCUT2D eigenvalue weighted by molar-refractivity contribution is 9.10. The van der Waals surface area contributed by atoms with Gasteiger partial charge in [0.15, 0.2) is 0 Å². The van der Waals surface area contributed by atoms with Crippen molar-refractivity contribution < 1.29 is 18.0 Å². The summed E-state index contributed by atoms with van der Waals surface area (Å²) in [5.41, 5.74) is 3.08. The maximum absolute atomic E-state index is 14.3. The Kier molecular flexibility index (Phi) is 10.5. The van der Waals surface area contributed by atoms with Crippen LogP contribution in [-0.2, 0) is 32.6 Å². The van der Waals surface area contributed by atoms with E-state index in [1.165, 1.54) is 17.0 Å². The molecule has 4 aromatic carbocycles. The number of hydrogen-bond acceptors (Lipinski definition) is 4. The smallest absolute Gasteiger partial charge is 0.264 e. The number of amides is 2. The van der Waals surface area contributed by atoms with Crippen molar-refractivity contribution in [2.75, 3.05) is 17.4 Å². The molecule has 1 unspecified atom stereocenters. The molecule has 1 atom stereocenters. The second kappa shape index (κ2) is 14.3. The van der Waals surface area contributed by atoms with E-state index in [1.54, 1.807) is 42.5 Å². The van der Waals surface area contributed by atoms with Gasteiger partial charge in [-0.25, -0.2) is 8.42 Å². The van der Waals surface area contributed by atoms with Gasteiger partial charge in [0.05, 0.1) is 10.6 Å². The Morgan fingerprint density at radius 3 is 2.07 bits per heavy atom. The number of aryl methyl sites for hydroxylation is 1. The second-order valence-electron chi connectivity index (χ2n) is 9.91. The second-order valence-corrected chi connectivity index (χ2v) is 12.7. The molecule has 0 saturated carbocycles.